The molecule has 1 aromatic carbocycles. The van der Waals surface area contributed by atoms with Crippen molar-refractivity contribution < 1.29 is 28.8 Å². The Morgan fingerprint density at radius 2 is 2.00 bits per heavy atom. The first-order valence-corrected chi connectivity index (χ1v) is 5.47. The SMILES string of the molecule is NC(=O)CC(NC(=O)c1cc(F)cc([N+](=O)[O-])c1)C(=O)O. The maximum atomic E-state index is 13.2. The Bertz CT molecular complexity index is 618. The van der Waals surface area contributed by atoms with E-state index in [0.29, 0.717) is 12.1 Å². The first-order valence-electron chi connectivity index (χ1n) is 5.47. The standard InChI is InChI=1S/C11H10FN3O6/c12-6-1-5(2-7(3-6)15(20)21)10(17)14-8(11(18)19)4-9(13)16/h1-3,8H,4H2,(H2,13,16)(H,14,17)(H,18,19). The molecule has 0 aliphatic rings. The molecule has 1 unspecified atom stereocenters. The van der Waals surface area contributed by atoms with Crippen LogP contribution in [0.25, 0.3) is 0 Å². The Labute approximate surface area is 116 Å². The molecule has 0 heterocycles. The van der Waals surface area contributed by atoms with Crippen LogP contribution >= 0.6 is 0 Å². The average molecular weight is 299 g/mol. The van der Waals surface area contributed by atoms with Crippen molar-refractivity contribution in [2.45, 2.75) is 12.5 Å². The molecular weight excluding hydrogens is 289 g/mol. The molecule has 21 heavy (non-hydrogen) atoms. The number of aliphatic carboxylic acids is 1. The van der Waals surface area contributed by atoms with Gasteiger partial charge in [-0.1, -0.05) is 0 Å². The molecule has 112 valence electrons. The smallest absolute Gasteiger partial charge is 0.326 e. The second-order valence-electron chi connectivity index (χ2n) is 3.99. The van der Waals surface area contributed by atoms with Crippen molar-refractivity contribution in [2.24, 2.45) is 5.73 Å². The predicted molar refractivity (Wildman–Crippen MR) is 65.8 cm³/mol. The molecule has 1 aromatic rings. The second kappa shape index (κ2) is 6.41. The van der Waals surface area contributed by atoms with Gasteiger partial charge in [-0.25, -0.2) is 9.18 Å². The molecule has 0 bridgehead atoms. The van der Waals surface area contributed by atoms with Crippen molar-refractivity contribution >= 4 is 23.5 Å². The van der Waals surface area contributed by atoms with E-state index in [2.05, 4.69) is 0 Å². The van der Waals surface area contributed by atoms with Gasteiger partial charge in [-0.15, -0.1) is 0 Å². The minimum absolute atomic E-state index is 0.447. The van der Waals surface area contributed by atoms with Crippen LogP contribution in [-0.4, -0.2) is 33.9 Å². The molecule has 2 amide bonds. The number of nitro groups is 1. The highest BCUT2D eigenvalue weighted by Crippen LogP contribution is 2.16. The number of nitro benzene ring substituents is 1. The number of halogens is 1. The number of carbonyl (C=O) groups excluding carboxylic acids is 2. The normalized spacial score (nSPS) is 11.5. The third kappa shape index (κ3) is 4.53. The summed E-state index contributed by atoms with van der Waals surface area (Å²) < 4.78 is 13.2. The van der Waals surface area contributed by atoms with Gasteiger partial charge in [0.05, 0.1) is 17.4 Å². The lowest BCUT2D eigenvalue weighted by Crippen LogP contribution is -2.43. The van der Waals surface area contributed by atoms with Crippen LogP contribution in [0.1, 0.15) is 16.8 Å². The van der Waals surface area contributed by atoms with Gasteiger partial charge in [0, 0.05) is 11.6 Å². The summed E-state index contributed by atoms with van der Waals surface area (Å²) in [6.45, 7) is 0. The number of primary amides is 1. The molecule has 0 fully saturated rings. The lowest BCUT2D eigenvalue weighted by molar-refractivity contribution is -0.385. The number of nitrogens with one attached hydrogen (secondary N) is 1. The largest absolute Gasteiger partial charge is 0.480 e. The number of non-ortho nitro benzene ring substituents is 1. The zero-order valence-electron chi connectivity index (χ0n) is 10.4. The number of hydrogen-bond donors (Lipinski definition) is 3. The molecule has 9 nitrogen and oxygen atoms in total. The van der Waals surface area contributed by atoms with Crippen molar-refractivity contribution in [3.05, 3.63) is 39.7 Å². The van der Waals surface area contributed by atoms with Gasteiger partial charge in [0.2, 0.25) is 5.91 Å². The zero-order chi connectivity index (χ0) is 16.2. The highest BCUT2D eigenvalue weighted by atomic mass is 19.1. The molecule has 10 heteroatoms. The molecule has 0 aliphatic carbocycles. The van der Waals surface area contributed by atoms with Crippen LogP contribution in [0, 0.1) is 15.9 Å². The van der Waals surface area contributed by atoms with Gasteiger partial charge in [0.15, 0.2) is 0 Å². The van der Waals surface area contributed by atoms with E-state index in [0.717, 1.165) is 6.07 Å². The highest BCUT2D eigenvalue weighted by molar-refractivity contribution is 5.98. The third-order valence-corrected chi connectivity index (χ3v) is 2.36. The van der Waals surface area contributed by atoms with Gasteiger partial charge in [-0.2, -0.15) is 0 Å². The third-order valence-electron chi connectivity index (χ3n) is 2.36. The number of nitrogens with two attached hydrogens (primary N) is 1. The summed E-state index contributed by atoms with van der Waals surface area (Å²) >= 11 is 0. The number of amides is 2. The number of carboxylic acids is 1. The number of carboxylic acid groups (broad SMARTS) is 1. The van der Waals surface area contributed by atoms with E-state index in [1.54, 1.807) is 0 Å². The van der Waals surface area contributed by atoms with Crippen LogP contribution in [-0.2, 0) is 9.59 Å². The first kappa shape index (κ1) is 16.0. The molecule has 0 saturated heterocycles. The molecule has 0 spiro atoms. The van der Waals surface area contributed by atoms with E-state index in [4.69, 9.17) is 10.8 Å². The Morgan fingerprint density at radius 3 is 2.48 bits per heavy atom. The maximum absolute atomic E-state index is 13.2. The van der Waals surface area contributed by atoms with Crippen molar-refractivity contribution in [2.75, 3.05) is 0 Å². The van der Waals surface area contributed by atoms with Gasteiger partial charge in [-0.05, 0) is 6.07 Å². The summed E-state index contributed by atoms with van der Waals surface area (Å²) in [7, 11) is 0. The quantitative estimate of drug-likeness (QED) is 0.488. The summed E-state index contributed by atoms with van der Waals surface area (Å²) in [4.78, 5) is 42.9. The van der Waals surface area contributed by atoms with Crippen molar-refractivity contribution in [3.8, 4) is 0 Å². The molecule has 0 aromatic heterocycles. The lowest BCUT2D eigenvalue weighted by atomic mass is 10.1. The summed E-state index contributed by atoms with van der Waals surface area (Å²) in [6, 6.07) is 0.472. The van der Waals surface area contributed by atoms with Crippen molar-refractivity contribution in [1.82, 2.24) is 5.32 Å². The predicted octanol–water partition coefficient (Wildman–Crippen LogP) is -0.208. The zero-order valence-corrected chi connectivity index (χ0v) is 10.4. The Balaban J connectivity index is 2.99. The van der Waals surface area contributed by atoms with E-state index >= 15 is 0 Å². The number of carbonyl (C=O) groups is 3. The van der Waals surface area contributed by atoms with Gasteiger partial charge in [0.25, 0.3) is 11.6 Å². The molecule has 1 atom stereocenters. The van der Waals surface area contributed by atoms with Crippen LogP contribution < -0.4 is 11.1 Å². The van der Waals surface area contributed by atoms with E-state index in [9.17, 15) is 28.9 Å². The maximum Gasteiger partial charge on any atom is 0.326 e. The van der Waals surface area contributed by atoms with Gasteiger partial charge in [0.1, 0.15) is 11.9 Å². The number of rotatable bonds is 6. The molecule has 4 N–H and O–H groups in total. The number of benzene rings is 1. The molecular formula is C11H10FN3O6. The van der Waals surface area contributed by atoms with Crippen molar-refractivity contribution in [1.29, 1.82) is 0 Å². The fraction of sp³-hybridized carbons (Fsp3) is 0.182. The summed E-state index contributed by atoms with van der Waals surface area (Å²) in [6.07, 6.45) is -0.668. The molecule has 0 saturated carbocycles. The number of hydrogen-bond acceptors (Lipinski definition) is 5. The van der Waals surface area contributed by atoms with E-state index in [-0.39, 0.29) is 0 Å². The monoisotopic (exact) mass is 299 g/mol. The second-order valence-corrected chi connectivity index (χ2v) is 3.99. The molecule has 1 rings (SSSR count). The Hall–Kier alpha value is -3.04. The minimum atomic E-state index is -1.61. The van der Waals surface area contributed by atoms with E-state index in [1.165, 1.54) is 0 Å². The van der Waals surface area contributed by atoms with Crippen LogP contribution in [0.5, 0.6) is 0 Å². The summed E-state index contributed by atoms with van der Waals surface area (Å²) in [5.74, 6) is -4.59. The average Bonchev–Trinajstić information content (AvgIpc) is 2.36. The van der Waals surface area contributed by atoms with Crippen LogP contribution in [0.15, 0.2) is 18.2 Å². The highest BCUT2D eigenvalue weighted by Gasteiger charge is 2.24. The van der Waals surface area contributed by atoms with Crippen LogP contribution in [0.2, 0.25) is 0 Å². The summed E-state index contributed by atoms with van der Waals surface area (Å²) in [5.41, 5.74) is 3.72. The van der Waals surface area contributed by atoms with Crippen molar-refractivity contribution in [3.63, 3.8) is 0 Å². The van der Waals surface area contributed by atoms with Gasteiger partial charge in [-0.3, -0.25) is 19.7 Å². The number of nitrogens with zero attached hydrogens (tertiary/aromatic N) is 1. The minimum Gasteiger partial charge on any atom is -0.480 e. The Morgan fingerprint density at radius 1 is 1.38 bits per heavy atom. The molecule has 0 radical (unpaired) electrons. The first-order chi connectivity index (χ1) is 9.70. The van der Waals surface area contributed by atoms with Crippen LogP contribution in [0.3, 0.4) is 0 Å². The molecule has 0 aliphatic heterocycles. The van der Waals surface area contributed by atoms with Gasteiger partial charge >= 0.3 is 5.97 Å². The van der Waals surface area contributed by atoms with E-state index < -0.39 is 52.2 Å². The van der Waals surface area contributed by atoms with E-state index in [1.807, 2.05) is 5.32 Å². The summed E-state index contributed by atoms with van der Waals surface area (Å²) in [5, 5.41) is 21.3. The topological polar surface area (TPSA) is 153 Å². The van der Waals surface area contributed by atoms with Gasteiger partial charge < -0.3 is 16.2 Å². The fourth-order valence-corrected chi connectivity index (χ4v) is 1.45. The lowest BCUT2D eigenvalue weighted by Gasteiger charge is -2.12. The fourth-order valence-electron chi connectivity index (χ4n) is 1.45. The van der Waals surface area contributed by atoms with Crippen LogP contribution in [0.4, 0.5) is 10.1 Å². The Kier molecular flexibility index (Phi) is 4.89.